The van der Waals surface area contributed by atoms with E-state index in [-0.39, 0.29) is 22.7 Å². The van der Waals surface area contributed by atoms with E-state index in [9.17, 15) is 9.59 Å². The van der Waals surface area contributed by atoms with E-state index in [1.54, 1.807) is 11.3 Å². The Bertz CT molecular complexity index is 1130. The Balaban J connectivity index is 1.08. The standard InChI is InChI=1S/C30H40N4O2S/c1-29(2)25(30(29,3)4)28(36)33-15-12-23(13-16-33)26-31-24(21-37-26)27(35)34-19-17-32(18-20-34)14-8-11-22-9-6-5-7-10-22/h5-11,21,23,25H,12-20H2,1-4H3. The number of likely N-dealkylation sites (tertiary alicyclic amines) is 1. The number of piperazine rings is 1. The van der Waals surface area contributed by atoms with Gasteiger partial charge >= 0.3 is 0 Å². The largest absolute Gasteiger partial charge is 0.342 e. The second-order valence-corrected chi connectivity index (χ2v) is 12.8. The number of rotatable bonds is 6. The molecule has 37 heavy (non-hydrogen) atoms. The summed E-state index contributed by atoms with van der Waals surface area (Å²) in [6.07, 6.45) is 6.21. The Morgan fingerprint density at radius 3 is 2.22 bits per heavy atom. The Morgan fingerprint density at radius 2 is 1.59 bits per heavy atom. The van der Waals surface area contributed by atoms with Gasteiger partial charge in [-0.3, -0.25) is 14.5 Å². The topological polar surface area (TPSA) is 56.8 Å². The second-order valence-electron chi connectivity index (χ2n) is 12.0. The lowest BCUT2D eigenvalue weighted by atomic mass is 9.96. The fraction of sp³-hybridized carbons (Fsp3) is 0.567. The highest BCUT2D eigenvalue weighted by atomic mass is 32.1. The summed E-state index contributed by atoms with van der Waals surface area (Å²) in [5, 5.41) is 2.98. The van der Waals surface area contributed by atoms with Crippen molar-refractivity contribution in [1.29, 1.82) is 0 Å². The molecular weight excluding hydrogens is 480 g/mol. The number of nitrogens with zero attached hydrogens (tertiary/aromatic N) is 4. The van der Waals surface area contributed by atoms with Gasteiger partial charge in [-0.15, -0.1) is 11.3 Å². The molecule has 6 nitrogen and oxygen atoms in total. The maximum atomic E-state index is 13.1. The molecule has 1 saturated carbocycles. The van der Waals surface area contributed by atoms with Crippen LogP contribution in [0.4, 0.5) is 0 Å². The van der Waals surface area contributed by atoms with Gasteiger partial charge < -0.3 is 9.80 Å². The number of amides is 2. The number of hydrogen-bond donors (Lipinski definition) is 0. The number of thiazole rings is 1. The van der Waals surface area contributed by atoms with Crippen molar-refractivity contribution in [3.05, 3.63) is 58.1 Å². The van der Waals surface area contributed by atoms with E-state index in [0.29, 0.717) is 17.5 Å². The zero-order valence-electron chi connectivity index (χ0n) is 22.7. The zero-order valence-corrected chi connectivity index (χ0v) is 23.5. The molecule has 0 spiro atoms. The summed E-state index contributed by atoms with van der Waals surface area (Å²) < 4.78 is 0. The first-order valence-corrected chi connectivity index (χ1v) is 14.5. The van der Waals surface area contributed by atoms with Crippen LogP contribution in [0.15, 0.2) is 41.8 Å². The van der Waals surface area contributed by atoms with Gasteiger partial charge in [-0.1, -0.05) is 70.2 Å². The number of piperidine rings is 1. The molecular formula is C30H40N4O2S. The van der Waals surface area contributed by atoms with Crippen LogP contribution in [0, 0.1) is 16.7 Å². The molecule has 1 aliphatic carbocycles. The van der Waals surface area contributed by atoms with Crippen molar-refractivity contribution in [2.75, 3.05) is 45.8 Å². The molecule has 1 aromatic carbocycles. The van der Waals surface area contributed by atoms with Crippen molar-refractivity contribution in [1.82, 2.24) is 19.7 Å². The summed E-state index contributed by atoms with van der Waals surface area (Å²) in [7, 11) is 0. The maximum Gasteiger partial charge on any atom is 0.273 e. The highest BCUT2D eigenvalue weighted by Gasteiger charge is 2.68. The molecule has 5 rings (SSSR count). The Labute approximate surface area is 225 Å². The SMILES string of the molecule is CC1(C)C(C(=O)N2CCC(c3nc(C(=O)N4CCN(CC=Cc5ccccc5)CC4)cs3)CC2)C1(C)C. The molecule has 198 valence electrons. The lowest BCUT2D eigenvalue weighted by Gasteiger charge is -2.33. The van der Waals surface area contributed by atoms with E-state index in [4.69, 9.17) is 4.98 Å². The Morgan fingerprint density at radius 1 is 0.946 bits per heavy atom. The van der Waals surface area contributed by atoms with E-state index in [2.05, 4.69) is 61.8 Å². The number of carbonyl (C=O) groups excluding carboxylic acids is 2. The lowest BCUT2D eigenvalue weighted by Crippen LogP contribution is -2.48. The van der Waals surface area contributed by atoms with E-state index in [0.717, 1.165) is 63.7 Å². The maximum absolute atomic E-state index is 13.1. The summed E-state index contributed by atoms with van der Waals surface area (Å²) in [5.74, 6) is 0.830. The average molecular weight is 521 g/mol. The predicted molar refractivity (Wildman–Crippen MR) is 150 cm³/mol. The van der Waals surface area contributed by atoms with Gasteiger partial charge in [0.2, 0.25) is 5.91 Å². The molecule has 3 heterocycles. The van der Waals surface area contributed by atoms with Crippen LogP contribution in [0.25, 0.3) is 6.08 Å². The van der Waals surface area contributed by atoms with E-state index in [1.165, 1.54) is 5.56 Å². The van der Waals surface area contributed by atoms with Crippen molar-refractivity contribution in [3.63, 3.8) is 0 Å². The number of aromatic nitrogens is 1. The van der Waals surface area contributed by atoms with Gasteiger partial charge in [-0.2, -0.15) is 0 Å². The van der Waals surface area contributed by atoms with E-state index in [1.807, 2.05) is 28.5 Å². The molecule has 2 saturated heterocycles. The molecule has 1 aromatic heterocycles. The molecule has 7 heteroatoms. The fourth-order valence-corrected chi connectivity index (χ4v) is 7.08. The molecule has 0 bridgehead atoms. The summed E-state index contributed by atoms with van der Waals surface area (Å²) in [6.45, 7) is 14.5. The first kappa shape index (κ1) is 26.1. The quantitative estimate of drug-likeness (QED) is 0.538. The summed E-state index contributed by atoms with van der Waals surface area (Å²) in [4.78, 5) is 37.4. The average Bonchev–Trinajstić information content (AvgIpc) is 3.22. The third-order valence-corrected chi connectivity index (χ3v) is 10.3. The third kappa shape index (κ3) is 5.26. The van der Waals surface area contributed by atoms with Gasteiger partial charge in [0, 0.05) is 63.0 Å². The van der Waals surface area contributed by atoms with E-state index >= 15 is 0 Å². The van der Waals surface area contributed by atoms with Gasteiger partial charge in [0.15, 0.2) is 0 Å². The third-order valence-electron chi connectivity index (χ3n) is 9.30. The first-order chi connectivity index (χ1) is 17.7. The van der Waals surface area contributed by atoms with Gasteiger partial charge in [0.1, 0.15) is 5.69 Å². The van der Waals surface area contributed by atoms with Crippen LogP contribution in [0.5, 0.6) is 0 Å². The molecule has 2 aromatic rings. The minimum atomic E-state index is 0.0489. The van der Waals surface area contributed by atoms with Crippen LogP contribution in [-0.4, -0.2) is 77.3 Å². The van der Waals surface area contributed by atoms with Gasteiger partial charge in [-0.25, -0.2) is 4.98 Å². The molecule has 3 aliphatic rings. The normalized spacial score (nSPS) is 22.5. The molecule has 2 aliphatic heterocycles. The molecule has 3 fully saturated rings. The molecule has 2 amide bonds. The molecule has 0 atom stereocenters. The Hall–Kier alpha value is -2.51. The number of carbonyl (C=O) groups is 2. The lowest BCUT2D eigenvalue weighted by molar-refractivity contribution is -0.134. The molecule has 0 radical (unpaired) electrons. The number of benzene rings is 1. The van der Waals surface area contributed by atoms with Crippen LogP contribution >= 0.6 is 11.3 Å². The van der Waals surface area contributed by atoms with Crippen molar-refractivity contribution in [2.24, 2.45) is 16.7 Å². The van der Waals surface area contributed by atoms with Crippen LogP contribution < -0.4 is 0 Å². The Kier molecular flexibility index (Phi) is 7.29. The van der Waals surface area contributed by atoms with Crippen molar-refractivity contribution in [3.8, 4) is 0 Å². The van der Waals surface area contributed by atoms with Gasteiger partial charge in [0.05, 0.1) is 5.01 Å². The fourth-order valence-electron chi connectivity index (χ4n) is 6.11. The minimum Gasteiger partial charge on any atom is -0.342 e. The van der Waals surface area contributed by atoms with Crippen LogP contribution in [0.2, 0.25) is 0 Å². The van der Waals surface area contributed by atoms with Crippen molar-refractivity contribution in [2.45, 2.75) is 46.5 Å². The minimum absolute atomic E-state index is 0.0489. The highest BCUT2D eigenvalue weighted by Crippen LogP contribution is 2.68. The molecule has 0 unspecified atom stereocenters. The van der Waals surface area contributed by atoms with Crippen molar-refractivity contribution >= 4 is 29.2 Å². The highest BCUT2D eigenvalue weighted by molar-refractivity contribution is 7.09. The monoisotopic (exact) mass is 520 g/mol. The summed E-state index contributed by atoms with van der Waals surface area (Å²) in [5.41, 5.74) is 1.95. The van der Waals surface area contributed by atoms with Crippen LogP contribution in [0.3, 0.4) is 0 Å². The van der Waals surface area contributed by atoms with Gasteiger partial charge in [0.25, 0.3) is 5.91 Å². The van der Waals surface area contributed by atoms with E-state index < -0.39 is 0 Å². The molecule has 0 N–H and O–H groups in total. The van der Waals surface area contributed by atoms with Crippen molar-refractivity contribution < 1.29 is 9.59 Å². The van der Waals surface area contributed by atoms with Crippen LogP contribution in [-0.2, 0) is 4.79 Å². The summed E-state index contributed by atoms with van der Waals surface area (Å²) >= 11 is 1.60. The number of hydrogen-bond acceptors (Lipinski definition) is 5. The second kappa shape index (κ2) is 10.3. The smallest absolute Gasteiger partial charge is 0.273 e. The van der Waals surface area contributed by atoms with Gasteiger partial charge in [-0.05, 0) is 29.2 Å². The zero-order chi connectivity index (χ0) is 26.2. The predicted octanol–water partition coefficient (Wildman–Crippen LogP) is 5.00. The van der Waals surface area contributed by atoms with Crippen LogP contribution in [0.1, 0.15) is 67.5 Å². The summed E-state index contributed by atoms with van der Waals surface area (Å²) in [6, 6.07) is 10.3. The first-order valence-electron chi connectivity index (χ1n) is 13.7.